The number of halogens is 1. The molecule has 0 bridgehead atoms. The topological polar surface area (TPSA) is 27.7 Å². The van der Waals surface area contributed by atoms with E-state index in [1.165, 1.54) is 70.6 Å². The summed E-state index contributed by atoms with van der Waals surface area (Å²) in [7, 11) is 0. The lowest BCUT2D eigenvalue weighted by molar-refractivity contribution is 0.116. The molecule has 148 valence electrons. The van der Waals surface area contributed by atoms with Gasteiger partial charge in [-0.1, -0.05) is 86.2 Å². The van der Waals surface area contributed by atoms with Gasteiger partial charge < -0.3 is 14.2 Å². The van der Waals surface area contributed by atoms with E-state index in [0.717, 1.165) is 35.4 Å². The maximum atomic E-state index is 5.78. The van der Waals surface area contributed by atoms with E-state index in [1.54, 1.807) is 0 Å². The fourth-order valence-corrected chi connectivity index (χ4v) is 3.68. The zero-order valence-corrected chi connectivity index (χ0v) is 17.7. The molecule has 0 N–H and O–H groups in total. The highest BCUT2D eigenvalue weighted by molar-refractivity contribution is 9.09. The molecule has 26 heavy (non-hydrogen) atoms. The van der Waals surface area contributed by atoms with E-state index >= 15 is 0 Å². The van der Waals surface area contributed by atoms with Crippen LogP contribution in [0.15, 0.2) is 18.2 Å². The van der Waals surface area contributed by atoms with Gasteiger partial charge in [0.05, 0.1) is 6.61 Å². The highest BCUT2D eigenvalue weighted by Gasteiger charge is 2.12. The van der Waals surface area contributed by atoms with E-state index < -0.39 is 0 Å². The molecule has 4 heteroatoms. The molecule has 0 unspecified atom stereocenters. The maximum absolute atomic E-state index is 5.78. The molecule has 1 aromatic carbocycles. The van der Waals surface area contributed by atoms with Crippen LogP contribution in [0.25, 0.3) is 0 Å². The molecule has 0 spiro atoms. The normalized spacial score (nSPS) is 12.7. The molecular weight excluding hydrogens is 392 g/mol. The Hall–Kier alpha value is -0.740. The molecule has 1 heterocycles. The first-order valence-electron chi connectivity index (χ1n) is 10.4. The highest BCUT2D eigenvalue weighted by Crippen LogP contribution is 2.32. The number of hydrogen-bond donors (Lipinski definition) is 0. The van der Waals surface area contributed by atoms with E-state index in [-0.39, 0.29) is 0 Å². The first kappa shape index (κ1) is 21.6. The minimum absolute atomic E-state index is 0.330. The van der Waals surface area contributed by atoms with Gasteiger partial charge in [0.2, 0.25) is 6.79 Å². The van der Waals surface area contributed by atoms with Crippen LogP contribution in [0.5, 0.6) is 11.5 Å². The van der Waals surface area contributed by atoms with Gasteiger partial charge >= 0.3 is 0 Å². The quantitative estimate of drug-likeness (QED) is 0.210. The lowest BCUT2D eigenvalue weighted by Gasteiger charge is -2.06. The van der Waals surface area contributed by atoms with E-state index in [9.17, 15) is 0 Å². The first-order chi connectivity index (χ1) is 12.9. The number of fused-ring (bicyclic) bond motifs is 1. The van der Waals surface area contributed by atoms with Crippen molar-refractivity contribution in [3.63, 3.8) is 0 Å². The van der Waals surface area contributed by atoms with Gasteiger partial charge in [0.15, 0.2) is 11.5 Å². The summed E-state index contributed by atoms with van der Waals surface area (Å²) < 4.78 is 16.5. The molecular formula is C22H35BrO3. The Kier molecular flexibility index (Phi) is 11.9. The molecule has 1 aliphatic heterocycles. The SMILES string of the molecule is BrCCCCCCCCCCCCCCOCc1ccc2c(c1)OCO2. The van der Waals surface area contributed by atoms with Crippen molar-refractivity contribution in [1.82, 2.24) is 0 Å². The lowest BCUT2D eigenvalue weighted by atomic mass is 10.1. The maximum Gasteiger partial charge on any atom is 0.231 e. The molecule has 0 aromatic heterocycles. The molecule has 0 saturated carbocycles. The Morgan fingerprint density at radius 2 is 1.31 bits per heavy atom. The van der Waals surface area contributed by atoms with Gasteiger partial charge in [0.1, 0.15) is 0 Å². The summed E-state index contributed by atoms with van der Waals surface area (Å²) in [5, 5.41) is 1.16. The fraction of sp³-hybridized carbons (Fsp3) is 0.727. The summed E-state index contributed by atoms with van der Waals surface area (Å²) in [6, 6.07) is 6.03. The van der Waals surface area contributed by atoms with Crippen molar-refractivity contribution in [2.45, 2.75) is 83.7 Å². The number of benzene rings is 1. The third-order valence-electron chi connectivity index (χ3n) is 4.88. The Labute approximate surface area is 167 Å². The number of rotatable bonds is 16. The minimum Gasteiger partial charge on any atom is -0.454 e. The third kappa shape index (κ3) is 9.27. The summed E-state index contributed by atoms with van der Waals surface area (Å²) >= 11 is 3.49. The van der Waals surface area contributed by atoms with E-state index in [1.807, 2.05) is 12.1 Å². The summed E-state index contributed by atoms with van der Waals surface area (Å²) in [4.78, 5) is 0. The Bertz CT molecular complexity index is 478. The Morgan fingerprint density at radius 1 is 0.731 bits per heavy atom. The zero-order valence-electron chi connectivity index (χ0n) is 16.1. The van der Waals surface area contributed by atoms with Crippen molar-refractivity contribution in [2.75, 3.05) is 18.7 Å². The van der Waals surface area contributed by atoms with Crippen LogP contribution in [0.2, 0.25) is 0 Å². The van der Waals surface area contributed by atoms with Crippen LogP contribution in [0.4, 0.5) is 0 Å². The van der Waals surface area contributed by atoms with E-state index in [2.05, 4.69) is 22.0 Å². The number of hydrogen-bond acceptors (Lipinski definition) is 3. The van der Waals surface area contributed by atoms with E-state index in [0.29, 0.717) is 13.4 Å². The van der Waals surface area contributed by atoms with Crippen molar-refractivity contribution in [3.05, 3.63) is 23.8 Å². The molecule has 2 rings (SSSR count). The lowest BCUT2D eigenvalue weighted by Crippen LogP contribution is -1.96. The molecule has 0 radical (unpaired) electrons. The molecule has 0 amide bonds. The summed E-state index contributed by atoms with van der Waals surface area (Å²) in [6.45, 7) is 1.84. The zero-order chi connectivity index (χ0) is 18.3. The number of ether oxygens (including phenoxy) is 3. The first-order valence-corrected chi connectivity index (χ1v) is 11.5. The predicted octanol–water partition coefficient (Wildman–Crippen LogP) is 7.01. The number of alkyl halides is 1. The van der Waals surface area contributed by atoms with Crippen LogP contribution in [-0.4, -0.2) is 18.7 Å². The average molecular weight is 427 g/mol. The van der Waals surface area contributed by atoms with Crippen molar-refractivity contribution in [1.29, 1.82) is 0 Å². The van der Waals surface area contributed by atoms with Crippen molar-refractivity contribution < 1.29 is 14.2 Å². The van der Waals surface area contributed by atoms with Gasteiger partial charge in [-0.3, -0.25) is 0 Å². The third-order valence-corrected chi connectivity index (χ3v) is 5.44. The van der Waals surface area contributed by atoms with E-state index in [4.69, 9.17) is 14.2 Å². The standard InChI is InChI=1S/C22H35BrO3/c23-15-11-9-7-5-3-1-2-4-6-8-10-12-16-24-18-20-13-14-21-22(17-20)26-19-25-21/h13-14,17H,1-12,15-16,18-19H2. The smallest absolute Gasteiger partial charge is 0.231 e. The Balaban J connectivity index is 1.32. The van der Waals surface area contributed by atoms with Crippen molar-refractivity contribution >= 4 is 15.9 Å². The van der Waals surface area contributed by atoms with Gasteiger partial charge in [-0.05, 0) is 30.5 Å². The molecule has 0 atom stereocenters. The fourth-order valence-electron chi connectivity index (χ4n) is 3.29. The Morgan fingerprint density at radius 3 is 1.96 bits per heavy atom. The largest absolute Gasteiger partial charge is 0.454 e. The van der Waals surface area contributed by atoms with Crippen LogP contribution in [-0.2, 0) is 11.3 Å². The molecule has 0 fully saturated rings. The second-order valence-corrected chi connectivity index (χ2v) is 7.96. The second kappa shape index (κ2) is 14.3. The van der Waals surface area contributed by atoms with Crippen LogP contribution >= 0.6 is 15.9 Å². The minimum atomic E-state index is 0.330. The summed E-state index contributed by atoms with van der Waals surface area (Å²) in [5.74, 6) is 1.67. The molecule has 1 aromatic rings. The highest BCUT2D eigenvalue weighted by atomic mass is 79.9. The van der Waals surface area contributed by atoms with Crippen LogP contribution < -0.4 is 9.47 Å². The molecule has 0 aliphatic carbocycles. The average Bonchev–Trinajstić information content (AvgIpc) is 3.12. The van der Waals surface area contributed by atoms with Gasteiger partial charge in [-0.25, -0.2) is 0 Å². The van der Waals surface area contributed by atoms with Crippen LogP contribution in [0.3, 0.4) is 0 Å². The second-order valence-electron chi connectivity index (χ2n) is 7.17. The summed E-state index contributed by atoms with van der Waals surface area (Å²) in [5.41, 5.74) is 1.15. The van der Waals surface area contributed by atoms with Crippen molar-refractivity contribution in [2.24, 2.45) is 0 Å². The summed E-state index contributed by atoms with van der Waals surface area (Å²) in [6.07, 6.45) is 16.4. The predicted molar refractivity (Wildman–Crippen MR) is 111 cm³/mol. The monoisotopic (exact) mass is 426 g/mol. The molecule has 1 aliphatic rings. The van der Waals surface area contributed by atoms with Crippen LogP contribution in [0.1, 0.15) is 82.6 Å². The van der Waals surface area contributed by atoms with Gasteiger partial charge in [-0.15, -0.1) is 0 Å². The van der Waals surface area contributed by atoms with Crippen molar-refractivity contribution in [3.8, 4) is 11.5 Å². The van der Waals surface area contributed by atoms with Gasteiger partial charge in [0, 0.05) is 11.9 Å². The van der Waals surface area contributed by atoms with Gasteiger partial charge in [-0.2, -0.15) is 0 Å². The molecule has 3 nitrogen and oxygen atoms in total. The van der Waals surface area contributed by atoms with Gasteiger partial charge in [0.25, 0.3) is 0 Å². The number of unbranched alkanes of at least 4 members (excludes halogenated alkanes) is 11. The van der Waals surface area contributed by atoms with Crippen LogP contribution in [0, 0.1) is 0 Å². The molecule has 0 saturated heterocycles.